The minimum absolute atomic E-state index is 0.763. The van der Waals surface area contributed by atoms with Crippen LogP contribution in [0.1, 0.15) is 0 Å². The van der Waals surface area contributed by atoms with E-state index in [2.05, 4.69) is 46.4 Å². The van der Waals surface area contributed by atoms with Gasteiger partial charge >= 0.3 is 0 Å². The van der Waals surface area contributed by atoms with Crippen LogP contribution in [0.3, 0.4) is 0 Å². The highest BCUT2D eigenvalue weighted by Crippen LogP contribution is 2.30. The first-order chi connectivity index (χ1) is 12.4. The van der Waals surface area contributed by atoms with Gasteiger partial charge in [0.25, 0.3) is 0 Å². The van der Waals surface area contributed by atoms with Gasteiger partial charge in [0.05, 0.1) is 43.6 Å². The standard InChI is InChI=1S/C20H21N3O2/c1-24-17-8-6-16(7-9-17)18-10-11-21-23(18)20-5-3-2-4-19(20)22-12-14-25-15-13-22/h2-11H,12-15H2,1H3. The number of aromatic nitrogens is 2. The molecule has 1 saturated heterocycles. The first kappa shape index (κ1) is 15.7. The summed E-state index contributed by atoms with van der Waals surface area (Å²) >= 11 is 0. The van der Waals surface area contributed by atoms with Crippen molar-refractivity contribution >= 4 is 5.69 Å². The fourth-order valence-corrected chi connectivity index (χ4v) is 3.19. The second-order valence-electron chi connectivity index (χ2n) is 5.94. The number of ether oxygens (including phenoxy) is 2. The van der Waals surface area contributed by atoms with Crippen molar-refractivity contribution in [3.63, 3.8) is 0 Å². The molecule has 0 atom stereocenters. The molecule has 2 aromatic carbocycles. The fraction of sp³-hybridized carbons (Fsp3) is 0.250. The molecule has 0 aliphatic carbocycles. The summed E-state index contributed by atoms with van der Waals surface area (Å²) < 4.78 is 12.8. The average molecular weight is 335 g/mol. The molecule has 0 saturated carbocycles. The summed E-state index contributed by atoms with van der Waals surface area (Å²) in [7, 11) is 1.68. The summed E-state index contributed by atoms with van der Waals surface area (Å²) in [4.78, 5) is 2.36. The average Bonchev–Trinajstić information content (AvgIpc) is 3.18. The molecule has 0 amide bonds. The maximum atomic E-state index is 5.49. The van der Waals surface area contributed by atoms with E-state index in [-0.39, 0.29) is 0 Å². The van der Waals surface area contributed by atoms with Gasteiger partial charge in [-0.25, -0.2) is 4.68 Å². The van der Waals surface area contributed by atoms with Gasteiger partial charge in [0.2, 0.25) is 0 Å². The van der Waals surface area contributed by atoms with Gasteiger partial charge in [0.15, 0.2) is 0 Å². The Balaban J connectivity index is 1.75. The zero-order valence-electron chi connectivity index (χ0n) is 14.3. The van der Waals surface area contributed by atoms with Crippen molar-refractivity contribution in [3.05, 3.63) is 60.8 Å². The summed E-state index contributed by atoms with van der Waals surface area (Å²) in [6, 6.07) is 18.5. The highest BCUT2D eigenvalue weighted by atomic mass is 16.5. The predicted molar refractivity (Wildman–Crippen MR) is 98.6 cm³/mol. The van der Waals surface area contributed by atoms with Crippen LogP contribution in [-0.2, 0) is 4.74 Å². The van der Waals surface area contributed by atoms with Crippen LogP contribution in [0.15, 0.2) is 60.8 Å². The Labute approximate surface area is 147 Å². The van der Waals surface area contributed by atoms with E-state index < -0.39 is 0 Å². The molecule has 1 fully saturated rings. The molecule has 1 aliphatic rings. The number of hydrogen-bond acceptors (Lipinski definition) is 4. The monoisotopic (exact) mass is 335 g/mol. The lowest BCUT2D eigenvalue weighted by atomic mass is 10.1. The molecule has 0 unspecified atom stereocenters. The third kappa shape index (κ3) is 3.10. The Morgan fingerprint density at radius 3 is 2.36 bits per heavy atom. The first-order valence-corrected chi connectivity index (χ1v) is 8.47. The van der Waals surface area contributed by atoms with E-state index in [0.717, 1.165) is 49.0 Å². The number of para-hydroxylation sites is 2. The summed E-state index contributed by atoms with van der Waals surface area (Å²) in [5.41, 5.74) is 4.43. The zero-order chi connectivity index (χ0) is 17.1. The Morgan fingerprint density at radius 1 is 0.920 bits per heavy atom. The second-order valence-corrected chi connectivity index (χ2v) is 5.94. The number of morpholine rings is 1. The van der Waals surface area contributed by atoms with E-state index in [1.165, 1.54) is 5.69 Å². The summed E-state index contributed by atoms with van der Waals surface area (Å²) in [5.74, 6) is 0.850. The minimum Gasteiger partial charge on any atom is -0.497 e. The van der Waals surface area contributed by atoms with Gasteiger partial charge in [-0.05, 0) is 42.5 Å². The van der Waals surface area contributed by atoms with Crippen LogP contribution < -0.4 is 9.64 Å². The number of nitrogens with zero attached hydrogens (tertiary/aromatic N) is 3. The van der Waals surface area contributed by atoms with Crippen LogP contribution in [-0.4, -0.2) is 43.2 Å². The van der Waals surface area contributed by atoms with Gasteiger partial charge in [0, 0.05) is 18.7 Å². The summed E-state index contributed by atoms with van der Waals surface area (Å²) in [6.07, 6.45) is 1.84. The van der Waals surface area contributed by atoms with Crippen LogP contribution in [0.2, 0.25) is 0 Å². The van der Waals surface area contributed by atoms with E-state index in [1.807, 2.05) is 29.1 Å². The van der Waals surface area contributed by atoms with Crippen LogP contribution in [0.5, 0.6) is 5.75 Å². The third-order valence-electron chi connectivity index (χ3n) is 4.49. The van der Waals surface area contributed by atoms with Crippen molar-refractivity contribution in [3.8, 4) is 22.7 Å². The zero-order valence-corrected chi connectivity index (χ0v) is 14.3. The van der Waals surface area contributed by atoms with Crippen LogP contribution >= 0.6 is 0 Å². The molecule has 5 nitrogen and oxygen atoms in total. The molecule has 4 rings (SSSR count). The highest BCUT2D eigenvalue weighted by molar-refractivity contribution is 5.69. The van der Waals surface area contributed by atoms with E-state index >= 15 is 0 Å². The van der Waals surface area contributed by atoms with E-state index in [4.69, 9.17) is 9.47 Å². The number of rotatable bonds is 4. The predicted octanol–water partition coefficient (Wildman–Crippen LogP) is 3.38. The molecule has 0 radical (unpaired) electrons. The van der Waals surface area contributed by atoms with Gasteiger partial charge in [-0.1, -0.05) is 12.1 Å². The molecule has 25 heavy (non-hydrogen) atoms. The van der Waals surface area contributed by atoms with Gasteiger partial charge < -0.3 is 14.4 Å². The smallest absolute Gasteiger partial charge is 0.118 e. The second kappa shape index (κ2) is 6.99. The fourth-order valence-electron chi connectivity index (χ4n) is 3.19. The molecule has 2 heterocycles. The number of benzene rings is 2. The van der Waals surface area contributed by atoms with Gasteiger partial charge in [-0.15, -0.1) is 0 Å². The largest absolute Gasteiger partial charge is 0.497 e. The van der Waals surface area contributed by atoms with E-state index in [1.54, 1.807) is 7.11 Å². The first-order valence-electron chi connectivity index (χ1n) is 8.47. The van der Waals surface area contributed by atoms with E-state index in [9.17, 15) is 0 Å². The normalized spacial score (nSPS) is 14.5. The maximum absolute atomic E-state index is 5.49. The lowest BCUT2D eigenvalue weighted by molar-refractivity contribution is 0.122. The lowest BCUT2D eigenvalue weighted by Gasteiger charge is -2.30. The van der Waals surface area contributed by atoms with Crippen molar-refractivity contribution < 1.29 is 9.47 Å². The Hall–Kier alpha value is -2.79. The molecule has 5 heteroatoms. The maximum Gasteiger partial charge on any atom is 0.118 e. The number of anilines is 1. The van der Waals surface area contributed by atoms with Crippen LogP contribution in [0.25, 0.3) is 16.9 Å². The summed E-state index contributed by atoms with van der Waals surface area (Å²) in [5, 5.41) is 4.59. The molecule has 1 aliphatic heterocycles. The van der Waals surface area contributed by atoms with Gasteiger partial charge in [0.1, 0.15) is 5.75 Å². The topological polar surface area (TPSA) is 39.5 Å². The SMILES string of the molecule is COc1ccc(-c2ccnn2-c2ccccc2N2CCOCC2)cc1. The number of hydrogen-bond donors (Lipinski definition) is 0. The van der Waals surface area contributed by atoms with Crippen LogP contribution in [0, 0.1) is 0 Å². The van der Waals surface area contributed by atoms with Crippen molar-refractivity contribution in [2.24, 2.45) is 0 Å². The molecular formula is C20H21N3O2. The Bertz CT molecular complexity index is 836. The van der Waals surface area contributed by atoms with Crippen LogP contribution in [0.4, 0.5) is 5.69 Å². The number of methoxy groups -OCH3 is 1. The van der Waals surface area contributed by atoms with E-state index in [0.29, 0.717) is 0 Å². The quantitative estimate of drug-likeness (QED) is 0.733. The van der Waals surface area contributed by atoms with Crippen molar-refractivity contribution in [1.29, 1.82) is 0 Å². The molecule has 0 spiro atoms. The Kier molecular flexibility index (Phi) is 4.39. The highest BCUT2D eigenvalue weighted by Gasteiger charge is 2.17. The molecule has 3 aromatic rings. The molecule has 1 aromatic heterocycles. The minimum atomic E-state index is 0.763. The Morgan fingerprint density at radius 2 is 1.64 bits per heavy atom. The van der Waals surface area contributed by atoms with Gasteiger partial charge in [-0.2, -0.15) is 5.10 Å². The van der Waals surface area contributed by atoms with Crippen molar-refractivity contribution in [2.45, 2.75) is 0 Å². The molecule has 0 N–H and O–H groups in total. The van der Waals surface area contributed by atoms with Crippen molar-refractivity contribution in [2.75, 3.05) is 38.3 Å². The molecular weight excluding hydrogens is 314 g/mol. The molecule has 128 valence electrons. The third-order valence-corrected chi connectivity index (χ3v) is 4.49. The van der Waals surface area contributed by atoms with Gasteiger partial charge in [-0.3, -0.25) is 0 Å². The summed E-state index contributed by atoms with van der Waals surface area (Å²) in [6.45, 7) is 3.32. The lowest BCUT2D eigenvalue weighted by Crippen LogP contribution is -2.36. The van der Waals surface area contributed by atoms with Crippen molar-refractivity contribution in [1.82, 2.24) is 9.78 Å². The molecule has 0 bridgehead atoms.